The van der Waals surface area contributed by atoms with E-state index in [1.165, 1.54) is 11.3 Å². The normalized spacial score (nSPS) is 16.1. The van der Waals surface area contributed by atoms with Gasteiger partial charge in [0.1, 0.15) is 4.88 Å². The first-order chi connectivity index (χ1) is 12.1. The quantitative estimate of drug-likeness (QED) is 0.832. The van der Waals surface area contributed by atoms with Crippen molar-refractivity contribution in [1.29, 1.82) is 0 Å². The van der Waals surface area contributed by atoms with Crippen LogP contribution < -0.4 is 5.32 Å². The van der Waals surface area contributed by atoms with E-state index >= 15 is 0 Å². The van der Waals surface area contributed by atoms with Crippen molar-refractivity contribution in [2.75, 3.05) is 11.9 Å². The van der Waals surface area contributed by atoms with Gasteiger partial charge in [-0.3, -0.25) is 4.79 Å². The molecular weight excluding hydrogens is 340 g/mol. The third kappa shape index (κ3) is 3.88. The second kappa shape index (κ2) is 7.48. The summed E-state index contributed by atoms with van der Waals surface area (Å²) in [5.74, 6) is -0.663. The number of aryl methyl sites for hydroxylation is 1. The van der Waals surface area contributed by atoms with Gasteiger partial charge in [0.2, 0.25) is 6.10 Å². The van der Waals surface area contributed by atoms with Crippen LogP contribution in [0.4, 0.5) is 5.00 Å². The second-order valence-corrected chi connectivity index (χ2v) is 6.59. The smallest absolute Gasteiger partial charge is 0.348 e. The summed E-state index contributed by atoms with van der Waals surface area (Å²) in [7, 11) is 0. The molecule has 3 rings (SSSR count). The van der Waals surface area contributed by atoms with Crippen molar-refractivity contribution in [3.63, 3.8) is 0 Å². The number of carbonyl (C=O) groups is 2. The fourth-order valence-electron chi connectivity index (χ4n) is 2.46. The maximum Gasteiger partial charge on any atom is 0.348 e. The zero-order chi connectivity index (χ0) is 17.8. The number of nitrogens with one attached hydrogen (secondary N) is 1. The Labute approximate surface area is 149 Å². The van der Waals surface area contributed by atoms with Gasteiger partial charge in [-0.05, 0) is 31.0 Å². The van der Waals surface area contributed by atoms with Gasteiger partial charge in [0.25, 0.3) is 5.91 Å². The second-order valence-electron chi connectivity index (χ2n) is 5.53. The zero-order valence-electron chi connectivity index (χ0n) is 13.9. The molecule has 0 saturated carbocycles. The molecule has 1 amide bonds. The van der Waals surface area contributed by atoms with Gasteiger partial charge in [0.05, 0.1) is 17.3 Å². The van der Waals surface area contributed by atoms with Gasteiger partial charge in [0.15, 0.2) is 0 Å². The Morgan fingerprint density at radius 1 is 1.36 bits per heavy atom. The van der Waals surface area contributed by atoms with Gasteiger partial charge in [-0.15, -0.1) is 11.3 Å². The predicted octanol–water partition coefficient (Wildman–Crippen LogP) is 3.36. The molecule has 7 heteroatoms. The molecule has 0 aliphatic carbocycles. The number of thiophene rings is 1. The van der Waals surface area contributed by atoms with Gasteiger partial charge in [-0.25, -0.2) is 4.79 Å². The fraction of sp³-hybridized carbons (Fsp3) is 0.278. The Bertz CT molecular complexity index is 814. The summed E-state index contributed by atoms with van der Waals surface area (Å²) >= 11 is 1.19. The van der Waals surface area contributed by atoms with Crippen LogP contribution in [-0.2, 0) is 14.4 Å². The number of esters is 1. The molecule has 0 fully saturated rings. The maximum absolute atomic E-state index is 12.4. The highest BCUT2D eigenvalue weighted by atomic mass is 32.1. The molecule has 0 bridgehead atoms. The molecule has 0 radical (unpaired) electrons. The summed E-state index contributed by atoms with van der Waals surface area (Å²) in [5, 5.41) is 7.38. The van der Waals surface area contributed by atoms with Crippen LogP contribution in [0.2, 0.25) is 0 Å². The number of hydrogen-bond donors (Lipinski definition) is 1. The highest BCUT2D eigenvalue weighted by Crippen LogP contribution is 2.28. The van der Waals surface area contributed by atoms with E-state index in [0.717, 1.165) is 16.8 Å². The third-order valence-electron chi connectivity index (χ3n) is 3.69. The number of amides is 1. The van der Waals surface area contributed by atoms with Crippen LogP contribution in [0.3, 0.4) is 0 Å². The zero-order valence-corrected chi connectivity index (χ0v) is 14.8. The molecule has 1 aliphatic rings. The first kappa shape index (κ1) is 17.2. The Hall–Kier alpha value is -2.67. The lowest BCUT2D eigenvalue weighted by Gasteiger charge is -2.07. The lowest BCUT2D eigenvalue weighted by molar-refractivity contribution is -0.125. The molecule has 1 N–H and O–H groups in total. The summed E-state index contributed by atoms with van der Waals surface area (Å²) in [5.41, 5.74) is 2.46. The van der Waals surface area contributed by atoms with Gasteiger partial charge in [0, 0.05) is 6.42 Å². The molecule has 1 aromatic carbocycles. The monoisotopic (exact) mass is 358 g/mol. The van der Waals surface area contributed by atoms with Crippen molar-refractivity contribution < 1.29 is 19.2 Å². The van der Waals surface area contributed by atoms with Crippen LogP contribution in [0.5, 0.6) is 0 Å². The third-order valence-corrected chi connectivity index (χ3v) is 4.83. The predicted molar refractivity (Wildman–Crippen MR) is 96.1 cm³/mol. The number of oxime groups is 1. The highest BCUT2D eigenvalue weighted by Gasteiger charge is 2.29. The van der Waals surface area contributed by atoms with Crippen molar-refractivity contribution in [2.45, 2.75) is 26.4 Å². The Morgan fingerprint density at radius 3 is 2.84 bits per heavy atom. The Balaban J connectivity index is 1.62. The summed E-state index contributed by atoms with van der Waals surface area (Å²) < 4.78 is 5.01. The van der Waals surface area contributed by atoms with E-state index in [0.29, 0.717) is 22.9 Å². The van der Waals surface area contributed by atoms with Crippen molar-refractivity contribution in [2.24, 2.45) is 5.16 Å². The highest BCUT2D eigenvalue weighted by molar-refractivity contribution is 7.18. The van der Waals surface area contributed by atoms with Gasteiger partial charge < -0.3 is 14.9 Å². The number of anilines is 1. The van der Waals surface area contributed by atoms with Crippen molar-refractivity contribution in [3.8, 4) is 0 Å². The molecule has 0 spiro atoms. The standard InChI is InChI=1S/C18H18N2O4S/c1-3-23-18(22)16-11(2)9-15(25-16)19-17(21)14-10-13(20-24-14)12-7-5-4-6-8-12/h4-9,14H,3,10H2,1-2H3,(H,19,21). The van der Waals surface area contributed by atoms with E-state index in [1.54, 1.807) is 19.9 Å². The molecule has 1 aromatic heterocycles. The van der Waals surface area contributed by atoms with Crippen LogP contribution in [0, 0.1) is 6.92 Å². The van der Waals surface area contributed by atoms with Gasteiger partial charge in [-0.2, -0.15) is 0 Å². The summed E-state index contributed by atoms with van der Waals surface area (Å²) in [4.78, 5) is 30.0. The fourth-order valence-corrected chi connectivity index (χ4v) is 3.43. The van der Waals surface area contributed by atoms with Crippen LogP contribution in [0.1, 0.15) is 34.1 Å². The molecule has 25 heavy (non-hydrogen) atoms. The molecule has 130 valence electrons. The number of hydrogen-bond acceptors (Lipinski definition) is 6. The van der Waals surface area contributed by atoms with Crippen LogP contribution in [0.15, 0.2) is 41.6 Å². The van der Waals surface area contributed by atoms with Gasteiger partial charge in [-0.1, -0.05) is 35.5 Å². The van der Waals surface area contributed by atoms with Crippen LogP contribution in [0.25, 0.3) is 0 Å². The van der Waals surface area contributed by atoms with Crippen LogP contribution in [-0.4, -0.2) is 30.3 Å². The molecule has 1 aliphatic heterocycles. The topological polar surface area (TPSA) is 77.0 Å². The van der Waals surface area contributed by atoms with Crippen molar-refractivity contribution >= 4 is 33.9 Å². The first-order valence-corrected chi connectivity index (χ1v) is 8.76. The summed E-state index contributed by atoms with van der Waals surface area (Å²) in [6, 6.07) is 11.4. The first-order valence-electron chi connectivity index (χ1n) is 7.95. The number of nitrogens with zero attached hydrogens (tertiary/aromatic N) is 1. The lowest BCUT2D eigenvalue weighted by Crippen LogP contribution is -2.27. The minimum absolute atomic E-state index is 0.286. The number of rotatable bonds is 5. The number of carbonyl (C=O) groups excluding carboxylic acids is 2. The van der Waals surface area contributed by atoms with E-state index < -0.39 is 6.10 Å². The Kier molecular flexibility index (Phi) is 5.14. The van der Waals surface area contributed by atoms with Gasteiger partial charge >= 0.3 is 5.97 Å². The molecule has 6 nitrogen and oxygen atoms in total. The lowest BCUT2D eigenvalue weighted by atomic mass is 10.0. The Morgan fingerprint density at radius 2 is 2.12 bits per heavy atom. The molecular formula is C18H18N2O4S. The minimum atomic E-state index is -0.677. The number of ether oxygens (including phenoxy) is 1. The number of benzene rings is 1. The average molecular weight is 358 g/mol. The average Bonchev–Trinajstić information content (AvgIpc) is 3.23. The molecule has 1 unspecified atom stereocenters. The summed E-state index contributed by atoms with van der Waals surface area (Å²) in [6.07, 6.45) is -0.269. The van der Waals surface area contributed by atoms with Crippen molar-refractivity contribution in [3.05, 3.63) is 52.4 Å². The maximum atomic E-state index is 12.4. The molecule has 2 heterocycles. The van der Waals surface area contributed by atoms with E-state index in [9.17, 15) is 9.59 Å². The van der Waals surface area contributed by atoms with E-state index in [2.05, 4.69) is 10.5 Å². The SMILES string of the molecule is CCOC(=O)c1sc(NC(=O)C2CC(c3ccccc3)=NO2)cc1C. The molecule has 1 atom stereocenters. The molecule has 2 aromatic rings. The van der Waals surface area contributed by atoms with Crippen LogP contribution >= 0.6 is 11.3 Å². The van der Waals surface area contributed by atoms with E-state index in [1.807, 2.05) is 30.3 Å². The van der Waals surface area contributed by atoms with E-state index in [4.69, 9.17) is 9.57 Å². The largest absolute Gasteiger partial charge is 0.462 e. The van der Waals surface area contributed by atoms with Crippen molar-refractivity contribution in [1.82, 2.24) is 0 Å². The van der Waals surface area contributed by atoms with E-state index in [-0.39, 0.29) is 11.9 Å². The summed E-state index contributed by atoms with van der Waals surface area (Å²) in [6.45, 7) is 3.87. The minimum Gasteiger partial charge on any atom is -0.462 e. The molecule has 0 saturated heterocycles.